The molecule has 0 saturated carbocycles. The lowest BCUT2D eigenvalue weighted by Crippen LogP contribution is -1.96. The Morgan fingerprint density at radius 3 is 2.39 bits per heavy atom. The van der Waals surface area contributed by atoms with E-state index in [1.165, 1.54) is 18.3 Å². The second kappa shape index (κ2) is 5.33. The molecule has 3 nitrogen and oxygen atoms in total. The highest BCUT2D eigenvalue weighted by Crippen LogP contribution is 2.29. The van der Waals surface area contributed by atoms with Crippen LogP contribution in [-0.4, -0.2) is 18.0 Å². The number of aliphatic hydroxyl groups is 1. The summed E-state index contributed by atoms with van der Waals surface area (Å²) < 4.78 is 5.07. The molecule has 94 valence electrons. The minimum absolute atomic E-state index is 0.0215. The summed E-state index contributed by atoms with van der Waals surface area (Å²) >= 11 is 1.32. The van der Waals surface area contributed by atoms with E-state index in [0.29, 0.717) is 4.88 Å². The molecule has 1 heterocycles. The van der Waals surface area contributed by atoms with Crippen molar-refractivity contribution in [2.75, 3.05) is 7.11 Å². The summed E-state index contributed by atoms with van der Waals surface area (Å²) in [4.78, 5) is 12.6. The van der Waals surface area contributed by atoms with Gasteiger partial charge in [0.25, 0.3) is 0 Å². The van der Waals surface area contributed by atoms with Crippen molar-refractivity contribution in [3.05, 3.63) is 51.7 Å². The summed E-state index contributed by atoms with van der Waals surface area (Å²) in [5.74, 6) is 0.773. The van der Waals surface area contributed by atoms with E-state index in [2.05, 4.69) is 0 Å². The molecule has 0 fully saturated rings. The van der Waals surface area contributed by atoms with Crippen LogP contribution in [0.1, 0.15) is 33.1 Å². The first-order valence-electron chi connectivity index (χ1n) is 5.54. The van der Waals surface area contributed by atoms with Gasteiger partial charge in [-0.2, -0.15) is 0 Å². The van der Waals surface area contributed by atoms with E-state index in [9.17, 15) is 9.90 Å². The zero-order valence-corrected chi connectivity index (χ0v) is 11.0. The molecule has 1 N–H and O–H groups in total. The summed E-state index contributed by atoms with van der Waals surface area (Å²) in [5.41, 5.74) is 0.785. The lowest BCUT2D eigenvalue weighted by Gasteiger charge is -2.09. The molecule has 1 aromatic carbocycles. The fourth-order valence-corrected chi connectivity index (χ4v) is 2.56. The average molecular weight is 262 g/mol. The number of hydrogen-bond donors (Lipinski definition) is 1. The van der Waals surface area contributed by atoms with E-state index in [1.807, 2.05) is 12.1 Å². The Bertz CT molecular complexity index is 542. The summed E-state index contributed by atoms with van der Waals surface area (Å²) in [7, 11) is 1.60. The third-order valence-corrected chi connectivity index (χ3v) is 3.91. The third-order valence-electron chi connectivity index (χ3n) is 2.67. The molecule has 0 aliphatic rings. The molecule has 0 aliphatic heterocycles. The summed E-state index contributed by atoms with van der Waals surface area (Å²) in [5, 5.41) is 10.2. The molecule has 2 rings (SSSR count). The SMILES string of the molecule is COc1ccc(C(O)c2ccc(C(C)=O)s2)cc1. The highest BCUT2D eigenvalue weighted by Gasteiger charge is 2.14. The molecule has 1 atom stereocenters. The van der Waals surface area contributed by atoms with Crippen molar-refractivity contribution >= 4 is 17.1 Å². The van der Waals surface area contributed by atoms with Crippen LogP contribution in [0.4, 0.5) is 0 Å². The van der Waals surface area contributed by atoms with Crippen LogP contribution in [0.3, 0.4) is 0 Å². The van der Waals surface area contributed by atoms with Crippen LogP contribution in [0.2, 0.25) is 0 Å². The summed E-state index contributed by atoms with van der Waals surface area (Å²) in [6, 6.07) is 10.8. The van der Waals surface area contributed by atoms with E-state index in [1.54, 1.807) is 31.4 Å². The normalized spacial score (nSPS) is 12.2. The van der Waals surface area contributed by atoms with Gasteiger partial charge in [-0.15, -0.1) is 11.3 Å². The van der Waals surface area contributed by atoms with Gasteiger partial charge in [-0.3, -0.25) is 4.79 Å². The first kappa shape index (κ1) is 12.8. The number of thiophene rings is 1. The van der Waals surface area contributed by atoms with Crippen LogP contribution in [-0.2, 0) is 0 Å². The molecule has 2 aromatic rings. The highest BCUT2D eigenvalue weighted by molar-refractivity contribution is 7.14. The van der Waals surface area contributed by atoms with E-state index >= 15 is 0 Å². The van der Waals surface area contributed by atoms with E-state index in [4.69, 9.17) is 4.74 Å². The van der Waals surface area contributed by atoms with E-state index in [0.717, 1.165) is 16.2 Å². The van der Waals surface area contributed by atoms with Gasteiger partial charge in [-0.1, -0.05) is 12.1 Å². The maximum atomic E-state index is 11.2. The van der Waals surface area contributed by atoms with Gasteiger partial charge in [0.2, 0.25) is 0 Å². The zero-order chi connectivity index (χ0) is 13.1. The number of aliphatic hydroxyl groups excluding tert-OH is 1. The van der Waals surface area contributed by atoms with Gasteiger partial charge in [0, 0.05) is 4.88 Å². The number of Topliss-reactive ketones (excluding diaryl/α,β-unsaturated/α-hetero) is 1. The van der Waals surface area contributed by atoms with Crippen LogP contribution in [0.15, 0.2) is 36.4 Å². The van der Waals surface area contributed by atoms with Crippen LogP contribution in [0, 0.1) is 0 Å². The monoisotopic (exact) mass is 262 g/mol. The average Bonchev–Trinajstić information content (AvgIpc) is 2.88. The summed E-state index contributed by atoms with van der Waals surface area (Å²) in [6.07, 6.45) is -0.700. The third kappa shape index (κ3) is 2.60. The standard InChI is InChI=1S/C14H14O3S/c1-9(15)12-7-8-13(18-12)14(16)10-3-5-11(17-2)6-4-10/h3-8,14,16H,1-2H3. The van der Waals surface area contributed by atoms with E-state index < -0.39 is 6.10 Å². The molecule has 0 spiro atoms. The lowest BCUT2D eigenvalue weighted by molar-refractivity contribution is 0.102. The van der Waals surface area contributed by atoms with Crippen molar-refractivity contribution in [1.82, 2.24) is 0 Å². The van der Waals surface area contributed by atoms with Crippen molar-refractivity contribution in [2.24, 2.45) is 0 Å². The molecule has 1 unspecified atom stereocenters. The number of ketones is 1. The van der Waals surface area contributed by atoms with Crippen LogP contribution < -0.4 is 4.74 Å². The van der Waals surface area contributed by atoms with Gasteiger partial charge < -0.3 is 9.84 Å². The molecule has 18 heavy (non-hydrogen) atoms. The topological polar surface area (TPSA) is 46.5 Å². The minimum atomic E-state index is -0.700. The predicted molar refractivity (Wildman–Crippen MR) is 71.4 cm³/mol. The quantitative estimate of drug-likeness (QED) is 0.861. The van der Waals surface area contributed by atoms with Gasteiger partial charge in [-0.05, 0) is 36.8 Å². The van der Waals surface area contributed by atoms with Crippen LogP contribution >= 0.6 is 11.3 Å². The Morgan fingerprint density at radius 2 is 1.89 bits per heavy atom. The van der Waals surface area contributed by atoms with E-state index in [-0.39, 0.29) is 5.78 Å². The largest absolute Gasteiger partial charge is 0.497 e. The Kier molecular flexibility index (Phi) is 3.79. The maximum Gasteiger partial charge on any atom is 0.169 e. The van der Waals surface area contributed by atoms with Gasteiger partial charge in [0.05, 0.1) is 12.0 Å². The number of carbonyl (C=O) groups excluding carboxylic acids is 1. The van der Waals surface area contributed by atoms with Crippen LogP contribution in [0.5, 0.6) is 5.75 Å². The molecule has 0 saturated heterocycles. The van der Waals surface area contributed by atoms with Gasteiger partial charge in [0.15, 0.2) is 5.78 Å². The smallest absolute Gasteiger partial charge is 0.169 e. The Balaban J connectivity index is 2.23. The van der Waals surface area contributed by atoms with Crippen molar-refractivity contribution < 1.29 is 14.6 Å². The molecular weight excluding hydrogens is 248 g/mol. The fourth-order valence-electron chi connectivity index (χ4n) is 1.64. The summed E-state index contributed by atoms with van der Waals surface area (Å²) in [6.45, 7) is 1.52. The molecule has 4 heteroatoms. The van der Waals surface area contributed by atoms with Crippen molar-refractivity contribution in [3.8, 4) is 5.75 Å². The Morgan fingerprint density at radius 1 is 1.22 bits per heavy atom. The number of methoxy groups -OCH3 is 1. The molecular formula is C14H14O3S. The Labute approximate surface area is 110 Å². The zero-order valence-electron chi connectivity index (χ0n) is 10.2. The van der Waals surface area contributed by atoms with Crippen molar-refractivity contribution in [3.63, 3.8) is 0 Å². The number of benzene rings is 1. The number of ether oxygens (including phenoxy) is 1. The predicted octanol–water partition coefficient (Wildman–Crippen LogP) is 3.04. The van der Waals surface area contributed by atoms with Gasteiger partial charge in [0.1, 0.15) is 11.9 Å². The molecule has 1 aromatic heterocycles. The van der Waals surface area contributed by atoms with Crippen molar-refractivity contribution in [2.45, 2.75) is 13.0 Å². The fraction of sp³-hybridized carbons (Fsp3) is 0.214. The minimum Gasteiger partial charge on any atom is -0.497 e. The highest BCUT2D eigenvalue weighted by atomic mass is 32.1. The molecule has 0 amide bonds. The van der Waals surface area contributed by atoms with Crippen LogP contribution in [0.25, 0.3) is 0 Å². The van der Waals surface area contributed by atoms with Gasteiger partial charge in [-0.25, -0.2) is 0 Å². The maximum absolute atomic E-state index is 11.2. The second-order valence-corrected chi connectivity index (χ2v) is 5.05. The molecule has 0 radical (unpaired) electrons. The first-order chi connectivity index (χ1) is 8.61. The second-order valence-electron chi connectivity index (χ2n) is 3.93. The lowest BCUT2D eigenvalue weighted by atomic mass is 10.1. The first-order valence-corrected chi connectivity index (χ1v) is 6.36. The number of carbonyl (C=O) groups is 1. The Hall–Kier alpha value is -1.65. The van der Waals surface area contributed by atoms with Gasteiger partial charge >= 0.3 is 0 Å². The molecule has 0 aliphatic carbocycles. The number of hydrogen-bond acceptors (Lipinski definition) is 4. The number of rotatable bonds is 4. The molecule has 0 bridgehead atoms. The van der Waals surface area contributed by atoms with Crippen molar-refractivity contribution in [1.29, 1.82) is 0 Å².